The van der Waals surface area contributed by atoms with Gasteiger partial charge in [0.2, 0.25) is 5.89 Å². The first-order valence-electron chi connectivity index (χ1n) is 9.76. The number of rotatable bonds is 3. The van der Waals surface area contributed by atoms with Crippen molar-refractivity contribution in [3.8, 4) is 23.0 Å². The number of anilines is 1. The zero-order chi connectivity index (χ0) is 20.7. The molecule has 5 rings (SSSR count). The number of oxazole rings is 1. The molecule has 0 atom stereocenters. The second kappa shape index (κ2) is 7.22. The highest BCUT2D eigenvalue weighted by atomic mass is 16.6. The summed E-state index contributed by atoms with van der Waals surface area (Å²) >= 11 is 0. The van der Waals surface area contributed by atoms with E-state index in [1.807, 2.05) is 50.2 Å². The number of aryl methyl sites for hydroxylation is 2. The molecule has 2 heterocycles. The Morgan fingerprint density at radius 2 is 1.77 bits per heavy atom. The Labute approximate surface area is 173 Å². The second-order valence-corrected chi connectivity index (χ2v) is 7.33. The van der Waals surface area contributed by atoms with Crippen molar-refractivity contribution in [2.24, 2.45) is 0 Å². The molecule has 6 heteroatoms. The molecule has 6 nitrogen and oxygen atoms in total. The average molecular weight is 400 g/mol. The summed E-state index contributed by atoms with van der Waals surface area (Å²) in [5.74, 6) is 1.54. The van der Waals surface area contributed by atoms with Gasteiger partial charge >= 0.3 is 0 Å². The lowest BCUT2D eigenvalue weighted by molar-refractivity contribution is 0.102. The number of carbonyl (C=O) groups excluding carboxylic acids is 1. The summed E-state index contributed by atoms with van der Waals surface area (Å²) in [5.41, 5.74) is 5.60. The van der Waals surface area contributed by atoms with Gasteiger partial charge in [-0.15, -0.1) is 0 Å². The second-order valence-electron chi connectivity index (χ2n) is 7.33. The highest BCUT2D eigenvalue weighted by Crippen LogP contribution is 2.32. The first-order valence-corrected chi connectivity index (χ1v) is 9.76. The van der Waals surface area contributed by atoms with Gasteiger partial charge in [0.05, 0.1) is 0 Å². The van der Waals surface area contributed by atoms with Crippen molar-refractivity contribution >= 4 is 22.7 Å². The van der Waals surface area contributed by atoms with E-state index in [0.717, 1.165) is 27.8 Å². The maximum atomic E-state index is 12.8. The van der Waals surface area contributed by atoms with E-state index < -0.39 is 0 Å². The van der Waals surface area contributed by atoms with Gasteiger partial charge in [-0.2, -0.15) is 0 Å². The summed E-state index contributed by atoms with van der Waals surface area (Å²) < 4.78 is 17.0. The van der Waals surface area contributed by atoms with Crippen molar-refractivity contribution in [3.63, 3.8) is 0 Å². The fourth-order valence-electron chi connectivity index (χ4n) is 3.42. The molecule has 150 valence electrons. The van der Waals surface area contributed by atoms with Gasteiger partial charge in [0.1, 0.15) is 18.7 Å². The first kappa shape index (κ1) is 18.2. The van der Waals surface area contributed by atoms with Crippen LogP contribution in [-0.2, 0) is 0 Å². The molecular formula is C24H20N2O4. The highest BCUT2D eigenvalue weighted by molar-refractivity contribution is 6.05. The number of ether oxygens (including phenoxy) is 2. The number of nitrogens with one attached hydrogen (secondary N) is 1. The van der Waals surface area contributed by atoms with Crippen LogP contribution in [0.1, 0.15) is 21.5 Å². The van der Waals surface area contributed by atoms with Gasteiger partial charge in [-0.25, -0.2) is 4.98 Å². The zero-order valence-electron chi connectivity index (χ0n) is 16.7. The molecule has 0 aliphatic carbocycles. The molecule has 0 spiro atoms. The Hall–Kier alpha value is -3.80. The topological polar surface area (TPSA) is 73.6 Å². The first-order chi connectivity index (χ1) is 14.6. The number of hydrogen-bond donors (Lipinski definition) is 1. The van der Waals surface area contributed by atoms with E-state index in [1.54, 1.807) is 18.2 Å². The number of fused-ring (bicyclic) bond motifs is 2. The van der Waals surface area contributed by atoms with Crippen LogP contribution in [0.15, 0.2) is 59.0 Å². The Balaban J connectivity index is 1.44. The quantitative estimate of drug-likeness (QED) is 0.516. The van der Waals surface area contributed by atoms with E-state index in [1.165, 1.54) is 0 Å². The van der Waals surface area contributed by atoms with Crippen LogP contribution < -0.4 is 14.8 Å². The minimum Gasteiger partial charge on any atom is -0.486 e. The van der Waals surface area contributed by atoms with Crippen molar-refractivity contribution in [2.75, 3.05) is 18.5 Å². The molecule has 0 bridgehead atoms. The number of amides is 1. The normalized spacial score (nSPS) is 12.7. The summed E-state index contributed by atoms with van der Waals surface area (Å²) in [6.07, 6.45) is 0. The van der Waals surface area contributed by atoms with Crippen LogP contribution in [0, 0.1) is 13.8 Å². The SMILES string of the molecule is Cc1ccc2nc(-c3ccc(C)c(NC(=O)c4ccc5c(c4)OCCO5)c3)oc2c1. The lowest BCUT2D eigenvalue weighted by atomic mass is 10.1. The van der Waals surface area contributed by atoms with Crippen LogP contribution in [0.5, 0.6) is 11.5 Å². The summed E-state index contributed by atoms with van der Waals surface area (Å²) in [6, 6.07) is 16.8. The van der Waals surface area contributed by atoms with E-state index in [9.17, 15) is 4.79 Å². The van der Waals surface area contributed by atoms with E-state index in [4.69, 9.17) is 13.9 Å². The van der Waals surface area contributed by atoms with Crippen LogP contribution in [0.3, 0.4) is 0 Å². The fourth-order valence-corrected chi connectivity index (χ4v) is 3.42. The molecule has 4 aromatic rings. The molecule has 1 aromatic heterocycles. The summed E-state index contributed by atoms with van der Waals surface area (Å²) in [4.78, 5) is 17.4. The van der Waals surface area contributed by atoms with Crippen molar-refractivity contribution in [1.82, 2.24) is 4.98 Å². The van der Waals surface area contributed by atoms with Crippen LogP contribution >= 0.6 is 0 Å². The summed E-state index contributed by atoms with van der Waals surface area (Å²) in [6.45, 7) is 4.95. The predicted octanol–water partition coefficient (Wildman–Crippen LogP) is 5.14. The van der Waals surface area contributed by atoms with Crippen molar-refractivity contribution in [2.45, 2.75) is 13.8 Å². The Morgan fingerprint density at radius 1 is 0.933 bits per heavy atom. The third-order valence-electron chi connectivity index (χ3n) is 5.08. The van der Waals surface area contributed by atoms with Gasteiger partial charge in [-0.05, 0) is 67.4 Å². The molecule has 0 unspecified atom stereocenters. The molecule has 0 fully saturated rings. The largest absolute Gasteiger partial charge is 0.486 e. The Morgan fingerprint density at radius 3 is 2.63 bits per heavy atom. The van der Waals surface area contributed by atoms with E-state index in [-0.39, 0.29) is 5.91 Å². The number of aromatic nitrogens is 1. The number of benzene rings is 3. The number of carbonyl (C=O) groups is 1. The van der Waals surface area contributed by atoms with Crippen LogP contribution in [0.25, 0.3) is 22.6 Å². The van der Waals surface area contributed by atoms with E-state index >= 15 is 0 Å². The maximum absolute atomic E-state index is 12.8. The standard InChI is InChI=1S/C24H20N2O4/c1-14-3-7-18-21(11-14)30-24(26-18)17-5-4-15(2)19(12-17)25-23(27)16-6-8-20-22(13-16)29-10-9-28-20/h3-8,11-13H,9-10H2,1-2H3,(H,25,27). The van der Waals surface area contributed by atoms with Gasteiger partial charge < -0.3 is 19.2 Å². The van der Waals surface area contributed by atoms with Crippen molar-refractivity contribution in [1.29, 1.82) is 0 Å². The van der Waals surface area contributed by atoms with Crippen LogP contribution in [0.4, 0.5) is 5.69 Å². The lowest BCUT2D eigenvalue weighted by Crippen LogP contribution is -2.17. The lowest BCUT2D eigenvalue weighted by Gasteiger charge is -2.18. The Bertz CT molecular complexity index is 1280. The average Bonchev–Trinajstić information content (AvgIpc) is 3.18. The minimum absolute atomic E-state index is 0.222. The van der Waals surface area contributed by atoms with Gasteiger partial charge in [0.25, 0.3) is 5.91 Å². The van der Waals surface area contributed by atoms with Crippen molar-refractivity contribution in [3.05, 3.63) is 71.3 Å². The molecule has 1 N–H and O–H groups in total. The minimum atomic E-state index is -0.222. The molecule has 0 saturated heterocycles. The molecular weight excluding hydrogens is 380 g/mol. The molecule has 1 aliphatic heterocycles. The summed E-state index contributed by atoms with van der Waals surface area (Å²) in [7, 11) is 0. The fraction of sp³-hybridized carbons (Fsp3) is 0.167. The van der Waals surface area contributed by atoms with Crippen molar-refractivity contribution < 1.29 is 18.7 Å². The highest BCUT2D eigenvalue weighted by Gasteiger charge is 2.16. The predicted molar refractivity (Wildman–Crippen MR) is 114 cm³/mol. The van der Waals surface area contributed by atoms with E-state index in [2.05, 4.69) is 10.3 Å². The van der Waals surface area contributed by atoms with Gasteiger partial charge in [-0.1, -0.05) is 12.1 Å². The van der Waals surface area contributed by atoms with Gasteiger partial charge in [0.15, 0.2) is 17.1 Å². The number of hydrogen-bond acceptors (Lipinski definition) is 5. The molecule has 30 heavy (non-hydrogen) atoms. The van der Waals surface area contributed by atoms with Crippen LogP contribution in [-0.4, -0.2) is 24.1 Å². The van der Waals surface area contributed by atoms with E-state index in [0.29, 0.717) is 41.9 Å². The molecule has 3 aromatic carbocycles. The van der Waals surface area contributed by atoms with Crippen LogP contribution in [0.2, 0.25) is 0 Å². The van der Waals surface area contributed by atoms with Gasteiger partial charge in [0, 0.05) is 16.8 Å². The van der Waals surface area contributed by atoms with Gasteiger partial charge in [-0.3, -0.25) is 4.79 Å². The smallest absolute Gasteiger partial charge is 0.255 e. The number of nitrogens with zero attached hydrogens (tertiary/aromatic N) is 1. The summed E-state index contributed by atoms with van der Waals surface area (Å²) in [5, 5.41) is 2.98. The molecule has 1 amide bonds. The monoisotopic (exact) mass is 400 g/mol. The molecule has 0 radical (unpaired) electrons. The third-order valence-corrected chi connectivity index (χ3v) is 5.08. The third kappa shape index (κ3) is 3.37. The maximum Gasteiger partial charge on any atom is 0.255 e. The zero-order valence-corrected chi connectivity index (χ0v) is 16.7. The molecule has 0 saturated carbocycles. The molecule has 1 aliphatic rings. The Kier molecular flexibility index (Phi) is 4.39.